The van der Waals surface area contributed by atoms with Gasteiger partial charge < -0.3 is 5.32 Å². The molecule has 0 heterocycles. The molecule has 0 fully saturated rings. The van der Waals surface area contributed by atoms with Gasteiger partial charge in [-0.3, -0.25) is 4.55 Å². The number of halogens is 4. The molecule has 0 atom stereocenters. The highest BCUT2D eigenvalue weighted by Crippen LogP contribution is 2.41. The Morgan fingerprint density at radius 2 is 1.30 bits per heavy atom. The number of nitrogens with one attached hydrogen (secondary N) is 1. The maximum absolute atomic E-state index is 13.1. The summed E-state index contributed by atoms with van der Waals surface area (Å²) in [6.45, 7) is 10.9. The quantitative estimate of drug-likeness (QED) is 0.157. The largest absolute Gasteiger partial charge is 0.431 e. The molecule has 0 radical (unpaired) electrons. The van der Waals surface area contributed by atoms with Crippen molar-refractivity contribution in [2.24, 2.45) is 0 Å². The molecule has 0 aliphatic carbocycles. The standard InChI is InChI=1S/C12H22F4O3S.C6H11N/c1-2-3-4-5-6-7-8-9-10-11(13,14)12(15,16)20(17,18)19;1-3-5-7-6-4-2/h2-10H2,1H3,(H,17,18,19);3-4,7H,1-2,5-6H2. The van der Waals surface area contributed by atoms with Crippen LogP contribution in [0.2, 0.25) is 0 Å². The van der Waals surface area contributed by atoms with Crippen molar-refractivity contribution in [3.05, 3.63) is 25.3 Å². The fourth-order valence-electron chi connectivity index (χ4n) is 2.10. The molecule has 0 unspecified atom stereocenters. The summed E-state index contributed by atoms with van der Waals surface area (Å²) in [6, 6.07) is 0. The van der Waals surface area contributed by atoms with E-state index in [4.69, 9.17) is 4.55 Å². The molecule has 0 aromatic carbocycles. The molecule has 0 bridgehead atoms. The van der Waals surface area contributed by atoms with Crippen molar-refractivity contribution >= 4 is 10.1 Å². The summed E-state index contributed by atoms with van der Waals surface area (Å²) in [7, 11) is -6.10. The second-order valence-electron chi connectivity index (χ2n) is 6.16. The van der Waals surface area contributed by atoms with E-state index in [0.717, 1.165) is 45.2 Å². The Bertz CT molecular complexity index is 489. The van der Waals surface area contributed by atoms with Gasteiger partial charge in [0.1, 0.15) is 0 Å². The van der Waals surface area contributed by atoms with E-state index in [0.29, 0.717) is 12.8 Å². The Balaban J connectivity index is 0. The minimum absolute atomic E-state index is 0.202. The summed E-state index contributed by atoms with van der Waals surface area (Å²) in [5, 5.41) is -2.38. The van der Waals surface area contributed by atoms with Gasteiger partial charge in [-0.2, -0.15) is 26.0 Å². The molecule has 0 aliphatic heterocycles. The summed E-state index contributed by atoms with van der Waals surface area (Å²) in [4.78, 5) is 0. The zero-order chi connectivity index (χ0) is 21.4. The third-order valence-corrected chi connectivity index (χ3v) is 4.62. The molecule has 2 N–H and O–H groups in total. The molecule has 0 aliphatic rings. The van der Waals surface area contributed by atoms with E-state index in [1.165, 1.54) is 0 Å². The molecule has 27 heavy (non-hydrogen) atoms. The molecule has 9 heteroatoms. The van der Waals surface area contributed by atoms with Crippen molar-refractivity contribution in [2.75, 3.05) is 13.1 Å². The summed E-state index contributed by atoms with van der Waals surface area (Å²) >= 11 is 0. The van der Waals surface area contributed by atoms with Crippen molar-refractivity contribution in [1.29, 1.82) is 0 Å². The van der Waals surface area contributed by atoms with E-state index >= 15 is 0 Å². The van der Waals surface area contributed by atoms with Crippen molar-refractivity contribution < 1.29 is 30.5 Å². The molecule has 0 rings (SSSR count). The fourth-order valence-corrected chi connectivity index (χ4v) is 2.58. The third kappa shape index (κ3) is 13.0. The Hall–Kier alpha value is -0.930. The van der Waals surface area contributed by atoms with Gasteiger partial charge in [-0.15, -0.1) is 13.2 Å². The van der Waals surface area contributed by atoms with Gasteiger partial charge in [0.15, 0.2) is 0 Å². The Kier molecular flexibility index (Phi) is 15.8. The van der Waals surface area contributed by atoms with Crippen LogP contribution in [0.4, 0.5) is 17.6 Å². The second kappa shape index (κ2) is 15.0. The predicted molar refractivity (Wildman–Crippen MR) is 102 cm³/mol. The van der Waals surface area contributed by atoms with E-state index in [2.05, 4.69) is 25.4 Å². The summed E-state index contributed by atoms with van der Waals surface area (Å²) in [6.07, 6.45) is 8.27. The fraction of sp³-hybridized carbons (Fsp3) is 0.778. The lowest BCUT2D eigenvalue weighted by molar-refractivity contribution is -0.164. The average molecular weight is 420 g/mol. The van der Waals surface area contributed by atoms with Crippen LogP contribution < -0.4 is 5.32 Å². The minimum Gasteiger partial charge on any atom is -0.310 e. The highest BCUT2D eigenvalue weighted by Gasteiger charge is 2.64. The first kappa shape index (κ1) is 28.3. The molecular formula is C18H33F4NO3S. The first-order valence-electron chi connectivity index (χ1n) is 9.13. The van der Waals surface area contributed by atoms with Crippen molar-refractivity contribution in [3.63, 3.8) is 0 Å². The number of hydrogen-bond acceptors (Lipinski definition) is 3. The van der Waals surface area contributed by atoms with Crippen LogP contribution in [0.1, 0.15) is 64.7 Å². The van der Waals surface area contributed by atoms with E-state index < -0.39 is 27.7 Å². The van der Waals surface area contributed by atoms with Gasteiger partial charge in [0.2, 0.25) is 0 Å². The Labute approximate surface area is 160 Å². The van der Waals surface area contributed by atoms with Gasteiger partial charge in [0.25, 0.3) is 0 Å². The van der Waals surface area contributed by atoms with Gasteiger partial charge in [-0.1, -0.05) is 64.0 Å². The van der Waals surface area contributed by atoms with Gasteiger partial charge in [-0.05, 0) is 6.42 Å². The molecule has 0 spiro atoms. The minimum atomic E-state index is -6.10. The van der Waals surface area contributed by atoms with E-state index in [9.17, 15) is 26.0 Å². The highest BCUT2D eigenvalue weighted by molar-refractivity contribution is 7.87. The molecular weight excluding hydrogens is 386 g/mol. The molecule has 0 aromatic rings. The number of unbranched alkanes of at least 4 members (excludes halogenated alkanes) is 7. The van der Waals surface area contributed by atoms with Gasteiger partial charge in [0, 0.05) is 19.5 Å². The number of alkyl halides is 4. The van der Waals surface area contributed by atoms with Crippen LogP contribution in [0.5, 0.6) is 0 Å². The zero-order valence-corrected chi connectivity index (χ0v) is 16.8. The van der Waals surface area contributed by atoms with Crippen molar-refractivity contribution in [2.45, 2.75) is 75.9 Å². The van der Waals surface area contributed by atoms with Crippen LogP contribution in [-0.2, 0) is 10.1 Å². The van der Waals surface area contributed by atoms with Crippen LogP contribution in [0.15, 0.2) is 25.3 Å². The van der Waals surface area contributed by atoms with Gasteiger partial charge >= 0.3 is 21.3 Å². The first-order chi connectivity index (χ1) is 12.5. The molecule has 0 saturated carbocycles. The number of hydrogen-bond donors (Lipinski definition) is 2. The monoisotopic (exact) mass is 419 g/mol. The second-order valence-corrected chi connectivity index (χ2v) is 7.62. The van der Waals surface area contributed by atoms with Crippen LogP contribution in [-0.4, -0.2) is 37.2 Å². The van der Waals surface area contributed by atoms with Crippen molar-refractivity contribution in [1.82, 2.24) is 5.32 Å². The van der Waals surface area contributed by atoms with Crippen molar-refractivity contribution in [3.8, 4) is 0 Å². The van der Waals surface area contributed by atoms with Crippen LogP contribution in [0.25, 0.3) is 0 Å². The van der Waals surface area contributed by atoms with E-state index in [-0.39, 0.29) is 6.42 Å². The maximum Gasteiger partial charge on any atom is 0.431 e. The van der Waals surface area contributed by atoms with Gasteiger partial charge in [-0.25, -0.2) is 0 Å². The lowest BCUT2D eigenvalue weighted by atomic mass is 10.1. The third-order valence-electron chi connectivity index (χ3n) is 3.67. The van der Waals surface area contributed by atoms with E-state index in [1.54, 1.807) is 0 Å². The lowest BCUT2D eigenvalue weighted by Gasteiger charge is -2.23. The summed E-state index contributed by atoms with van der Waals surface area (Å²) in [5.41, 5.74) is 0. The molecule has 0 saturated heterocycles. The predicted octanol–water partition coefficient (Wildman–Crippen LogP) is 5.58. The zero-order valence-electron chi connectivity index (χ0n) is 16.0. The summed E-state index contributed by atoms with van der Waals surface area (Å²) in [5.74, 6) is -4.75. The SMILES string of the molecule is C=CCNCC=C.CCCCCCCCCCC(F)(F)C(F)(F)S(=O)(=O)O. The topological polar surface area (TPSA) is 66.4 Å². The van der Waals surface area contributed by atoms with Crippen LogP contribution in [0.3, 0.4) is 0 Å². The molecule has 162 valence electrons. The first-order valence-corrected chi connectivity index (χ1v) is 10.6. The Morgan fingerprint density at radius 1 is 0.889 bits per heavy atom. The highest BCUT2D eigenvalue weighted by atomic mass is 32.2. The molecule has 4 nitrogen and oxygen atoms in total. The van der Waals surface area contributed by atoms with Crippen LogP contribution in [0, 0.1) is 0 Å². The average Bonchev–Trinajstić information content (AvgIpc) is 2.57. The van der Waals surface area contributed by atoms with Crippen LogP contribution >= 0.6 is 0 Å². The smallest absolute Gasteiger partial charge is 0.310 e. The van der Waals surface area contributed by atoms with E-state index in [1.807, 2.05) is 12.2 Å². The Morgan fingerprint density at radius 3 is 1.67 bits per heavy atom. The maximum atomic E-state index is 13.1. The summed E-state index contributed by atoms with van der Waals surface area (Å²) < 4.78 is 80.5. The number of rotatable bonds is 15. The molecule has 0 amide bonds. The van der Waals surface area contributed by atoms with Gasteiger partial charge in [0.05, 0.1) is 0 Å². The lowest BCUT2D eigenvalue weighted by Crippen LogP contribution is -2.46. The molecule has 0 aromatic heterocycles. The normalized spacial score (nSPS) is 12.2.